The first-order valence-corrected chi connectivity index (χ1v) is 8.23. The maximum absolute atomic E-state index is 10.3. The standard InChI is InChI=1S/C18H30N2O.2ClH/c1-14(2)8-9-18(10-11-18)20-13-17(21)16(19)12-15-6-4-3-5-7-15;;/h3-7,14,16-17,20-21H,8-13,19H2,1-2H3;2*1H/t16-,17+;;/m0../s1. The van der Waals surface area contributed by atoms with Crippen molar-refractivity contribution in [2.75, 3.05) is 6.54 Å². The molecule has 5 heteroatoms. The molecule has 1 aliphatic rings. The summed E-state index contributed by atoms with van der Waals surface area (Å²) in [5.74, 6) is 0.745. The minimum atomic E-state index is -0.485. The fraction of sp³-hybridized carbons (Fsp3) is 0.667. The van der Waals surface area contributed by atoms with E-state index >= 15 is 0 Å². The van der Waals surface area contributed by atoms with Crippen molar-refractivity contribution in [1.82, 2.24) is 5.32 Å². The quantitative estimate of drug-likeness (QED) is 0.631. The predicted molar refractivity (Wildman–Crippen MR) is 103 cm³/mol. The third-order valence-electron chi connectivity index (χ3n) is 4.55. The number of halogens is 2. The number of aliphatic hydroxyl groups is 1. The zero-order valence-corrected chi connectivity index (χ0v) is 15.8. The van der Waals surface area contributed by atoms with E-state index in [1.165, 1.54) is 31.2 Å². The number of nitrogens with one attached hydrogen (secondary N) is 1. The number of benzene rings is 1. The van der Waals surface area contributed by atoms with Crippen LogP contribution in [-0.2, 0) is 6.42 Å². The van der Waals surface area contributed by atoms with Gasteiger partial charge < -0.3 is 16.2 Å². The van der Waals surface area contributed by atoms with Crippen LogP contribution in [-0.4, -0.2) is 29.3 Å². The Balaban J connectivity index is 0.00000242. The molecular weight excluding hydrogens is 331 g/mol. The van der Waals surface area contributed by atoms with Crippen molar-refractivity contribution < 1.29 is 5.11 Å². The fourth-order valence-electron chi connectivity index (χ4n) is 2.73. The van der Waals surface area contributed by atoms with Crippen molar-refractivity contribution in [3.63, 3.8) is 0 Å². The van der Waals surface area contributed by atoms with Gasteiger partial charge in [0.1, 0.15) is 0 Å². The van der Waals surface area contributed by atoms with Crippen LogP contribution in [0.1, 0.15) is 45.1 Å². The highest BCUT2D eigenvalue weighted by atomic mass is 35.5. The van der Waals surface area contributed by atoms with Gasteiger partial charge in [0.2, 0.25) is 0 Å². The summed E-state index contributed by atoms with van der Waals surface area (Å²) in [6.07, 6.45) is 5.18. The molecule has 0 unspecified atom stereocenters. The fourth-order valence-corrected chi connectivity index (χ4v) is 2.73. The average molecular weight is 363 g/mol. The van der Waals surface area contributed by atoms with Gasteiger partial charge in [0.15, 0.2) is 0 Å². The van der Waals surface area contributed by atoms with E-state index in [0.29, 0.717) is 6.54 Å². The summed E-state index contributed by atoms with van der Waals surface area (Å²) < 4.78 is 0. The summed E-state index contributed by atoms with van der Waals surface area (Å²) in [4.78, 5) is 0. The molecule has 1 fully saturated rings. The molecule has 0 radical (unpaired) electrons. The largest absolute Gasteiger partial charge is 0.390 e. The van der Waals surface area contributed by atoms with E-state index < -0.39 is 6.10 Å². The average Bonchev–Trinajstić information content (AvgIpc) is 3.24. The molecule has 1 aromatic carbocycles. The number of rotatable bonds is 9. The molecule has 2 atom stereocenters. The Kier molecular flexibility index (Phi) is 10.4. The maximum Gasteiger partial charge on any atom is 0.0818 e. The first kappa shape index (κ1) is 22.7. The zero-order valence-electron chi connectivity index (χ0n) is 14.2. The molecule has 0 saturated heterocycles. The smallest absolute Gasteiger partial charge is 0.0818 e. The minimum absolute atomic E-state index is 0. The van der Waals surface area contributed by atoms with Gasteiger partial charge in [0, 0.05) is 18.1 Å². The van der Waals surface area contributed by atoms with Crippen LogP contribution in [0.25, 0.3) is 0 Å². The highest BCUT2D eigenvalue weighted by molar-refractivity contribution is 5.85. The van der Waals surface area contributed by atoms with Gasteiger partial charge in [-0.05, 0) is 43.6 Å². The monoisotopic (exact) mass is 362 g/mol. The minimum Gasteiger partial charge on any atom is -0.390 e. The molecule has 0 bridgehead atoms. The molecule has 1 aliphatic carbocycles. The van der Waals surface area contributed by atoms with E-state index in [1.807, 2.05) is 18.2 Å². The Morgan fingerprint density at radius 2 is 1.78 bits per heavy atom. The van der Waals surface area contributed by atoms with E-state index in [9.17, 15) is 5.11 Å². The maximum atomic E-state index is 10.3. The second-order valence-corrected chi connectivity index (χ2v) is 7.01. The summed E-state index contributed by atoms with van der Waals surface area (Å²) in [5, 5.41) is 13.8. The number of β-amino-alcohol motifs (C(OH)–C–C–N with tert-alkyl or cyclic N) is 1. The molecule has 23 heavy (non-hydrogen) atoms. The Hall–Kier alpha value is -0.320. The lowest BCUT2D eigenvalue weighted by Gasteiger charge is -2.24. The van der Waals surface area contributed by atoms with Crippen LogP contribution in [0, 0.1) is 5.92 Å². The molecule has 3 nitrogen and oxygen atoms in total. The summed E-state index contributed by atoms with van der Waals surface area (Å²) in [5.41, 5.74) is 7.61. The van der Waals surface area contributed by atoms with E-state index in [0.717, 1.165) is 12.3 Å². The Labute approximate surface area is 153 Å². The van der Waals surface area contributed by atoms with Crippen molar-refractivity contribution in [1.29, 1.82) is 0 Å². The van der Waals surface area contributed by atoms with Crippen LogP contribution in [0.3, 0.4) is 0 Å². The lowest BCUT2D eigenvalue weighted by molar-refractivity contribution is 0.135. The van der Waals surface area contributed by atoms with Crippen molar-refractivity contribution in [3.8, 4) is 0 Å². The number of aliphatic hydroxyl groups excluding tert-OH is 1. The van der Waals surface area contributed by atoms with Crippen LogP contribution in [0.5, 0.6) is 0 Å². The third-order valence-corrected chi connectivity index (χ3v) is 4.55. The van der Waals surface area contributed by atoms with E-state index in [-0.39, 0.29) is 36.4 Å². The lowest BCUT2D eigenvalue weighted by atomic mass is 10.00. The molecule has 0 heterocycles. The predicted octanol–water partition coefficient (Wildman–Crippen LogP) is 3.32. The number of hydrogen-bond acceptors (Lipinski definition) is 3. The summed E-state index contributed by atoms with van der Waals surface area (Å²) >= 11 is 0. The van der Waals surface area contributed by atoms with E-state index in [4.69, 9.17) is 5.73 Å². The topological polar surface area (TPSA) is 58.3 Å². The molecule has 0 amide bonds. The Bertz CT molecular complexity index is 424. The van der Waals surface area contributed by atoms with Gasteiger partial charge in [-0.1, -0.05) is 44.2 Å². The van der Waals surface area contributed by atoms with Gasteiger partial charge >= 0.3 is 0 Å². The van der Waals surface area contributed by atoms with Gasteiger partial charge in [-0.25, -0.2) is 0 Å². The summed E-state index contributed by atoms with van der Waals surface area (Å²) in [6.45, 7) is 5.13. The molecule has 0 spiro atoms. The Morgan fingerprint density at radius 1 is 1.17 bits per heavy atom. The molecule has 2 rings (SSSR count). The van der Waals surface area contributed by atoms with Crippen LogP contribution in [0.2, 0.25) is 0 Å². The Morgan fingerprint density at radius 3 is 2.30 bits per heavy atom. The van der Waals surface area contributed by atoms with Gasteiger partial charge in [-0.3, -0.25) is 0 Å². The molecule has 4 N–H and O–H groups in total. The van der Waals surface area contributed by atoms with Gasteiger partial charge in [-0.15, -0.1) is 24.8 Å². The van der Waals surface area contributed by atoms with Crippen molar-refractivity contribution in [3.05, 3.63) is 35.9 Å². The second-order valence-electron chi connectivity index (χ2n) is 7.01. The van der Waals surface area contributed by atoms with Gasteiger partial charge in [-0.2, -0.15) is 0 Å². The van der Waals surface area contributed by atoms with Crippen molar-refractivity contribution in [2.45, 2.75) is 63.6 Å². The molecule has 1 aromatic rings. The van der Waals surface area contributed by atoms with Crippen LogP contribution in [0.15, 0.2) is 30.3 Å². The molecule has 134 valence electrons. The first-order chi connectivity index (χ1) is 10.0. The van der Waals surface area contributed by atoms with E-state index in [2.05, 4.69) is 31.3 Å². The van der Waals surface area contributed by atoms with Gasteiger partial charge in [0.05, 0.1) is 6.10 Å². The molecule has 0 aliphatic heterocycles. The number of hydrogen-bond donors (Lipinski definition) is 3. The molecule has 0 aromatic heterocycles. The lowest BCUT2D eigenvalue weighted by Crippen LogP contribution is -2.46. The molecular formula is C18H32Cl2N2O. The summed E-state index contributed by atoms with van der Waals surface area (Å²) in [6, 6.07) is 9.94. The van der Waals surface area contributed by atoms with Crippen LogP contribution in [0.4, 0.5) is 0 Å². The summed E-state index contributed by atoms with van der Waals surface area (Å²) in [7, 11) is 0. The van der Waals surface area contributed by atoms with Crippen LogP contribution < -0.4 is 11.1 Å². The zero-order chi connectivity index (χ0) is 15.3. The van der Waals surface area contributed by atoms with Crippen molar-refractivity contribution in [2.24, 2.45) is 11.7 Å². The van der Waals surface area contributed by atoms with Crippen LogP contribution >= 0.6 is 24.8 Å². The highest BCUT2D eigenvalue weighted by Gasteiger charge is 2.41. The SMILES string of the molecule is CC(C)CCC1(NC[C@@H](O)[C@@H](N)Cc2ccccc2)CC1.Cl.Cl. The highest BCUT2D eigenvalue weighted by Crippen LogP contribution is 2.40. The molecule has 1 saturated carbocycles. The van der Waals surface area contributed by atoms with E-state index in [1.54, 1.807) is 0 Å². The first-order valence-electron chi connectivity index (χ1n) is 8.23. The van der Waals surface area contributed by atoms with Gasteiger partial charge in [0.25, 0.3) is 0 Å². The van der Waals surface area contributed by atoms with Crippen molar-refractivity contribution >= 4 is 24.8 Å². The second kappa shape index (κ2) is 10.5. The normalized spacial score (nSPS) is 17.8. The third kappa shape index (κ3) is 7.86. The number of nitrogens with two attached hydrogens (primary N) is 1.